The van der Waals surface area contributed by atoms with Gasteiger partial charge in [-0.25, -0.2) is 4.39 Å². The zero-order chi connectivity index (χ0) is 14.5. The highest BCUT2D eigenvalue weighted by Crippen LogP contribution is 2.24. The number of hydrogen-bond donors (Lipinski definition) is 1. The smallest absolute Gasteiger partial charge is 0.165 e. The Labute approximate surface area is 123 Å². The van der Waals surface area contributed by atoms with Crippen LogP contribution in [-0.4, -0.2) is 7.05 Å². The number of halogens is 2. The molecule has 1 N–H and O–H groups in total. The van der Waals surface area contributed by atoms with Crippen LogP contribution in [0.3, 0.4) is 0 Å². The first kappa shape index (κ1) is 14.8. The van der Waals surface area contributed by atoms with Crippen LogP contribution in [0.5, 0.6) is 5.75 Å². The van der Waals surface area contributed by atoms with Gasteiger partial charge in [0.2, 0.25) is 0 Å². The fourth-order valence-electron chi connectivity index (χ4n) is 1.84. The van der Waals surface area contributed by atoms with Crippen molar-refractivity contribution in [1.82, 2.24) is 5.32 Å². The summed E-state index contributed by atoms with van der Waals surface area (Å²) >= 11 is 6.03. The molecular weight excluding hydrogens is 277 g/mol. The molecule has 0 saturated heterocycles. The van der Waals surface area contributed by atoms with Crippen LogP contribution in [0.15, 0.2) is 42.5 Å². The lowest BCUT2D eigenvalue weighted by Gasteiger charge is -2.13. The summed E-state index contributed by atoms with van der Waals surface area (Å²) in [5.41, 5.74) is 1.72. The predicted molar refractivity (Wildman–Crippen MR) is 79.7 cm³/mol. The van der Waals surface area contributed by atoms with Gasteiger partial charge in [-0.05, 0) is 37.7 Å². The van der Waals surface area contributed by atoms with Crippen molar-refractivity contribution in [3.05, 3.63) is 64.4 Å². The Balaban J connectivity index is 2.09. The highest BCUT2D eigenvalue weighted by atomic mass is 35.5. The number of ether oxygens (including phenoxy) is 1. The molecule has 0 heterocycles. The minimum Gasteiger partial charge on any atom is -0.486 e. The summed E-state index contributed by atoms with van der Waals surface area (Å²) in [6.45, 7) is 2.22. The van der Waals surface area contributed by atoms with Crippen LogP contribution in [0.1, 0.15) is 24.1 Å². The third-order valence-electron chi connectivity index (χ3n) is 3.23. The third-order valence-corrected chi connectivity index (χ3v) is 3.60. The van der Waals surface area contributed by atoms with Gasteiger partial charge in [-0.1, -0.05) is 35.9 Å². The quantitative estimate of drug-likeness (QED) is 0.885. The van der Waals surface area contributed by atoms with Gasteiger partial charge in [-0.3, -0.25) is 0 Å². The fourth-order valence-corrected chi connectivity index (χ4v) is 2.03. The Morgan fingerprint density at radius 1 is 1.25 bits per heavy atom. The number of nitrogens with one attached hydrogen (secondary N) is 1. The highest BCUT2D eigenvalue weighted by Gasteiger charge is 2.09. The van der Waals surface area contributed by atoms with E-state index in [2.05, 4.69) is 5.32 Å². The van der Waals surface area contributed by atoms with Gasteiger partial charge < -0.3 is 10.1 Å². The van der Waals surface area contributed by atoms with Gasteiger partial charge in [0.1, 0.15) is 6.61 Å². The summed E-state index contributed by atoms with van der Waals surface area (Å²) in [5.74, 6) is -0.131. The van der Waals surface area contributed by atoms with E-state index in [0.717, 1.165) is 11.1 Å². The topological polar surface area (TPSA) is 21.3 Å². The van der Waals surface area contributed by atoms with E-state index in [4.69, 9.17) is 16.3 Å². The van der Waals surface area contributed by atoms with Crippen molar-refractivity contribution < 1.29 is 9.13 Å². The summed E-state index contributed by atoms with van der Waals surface area (Å²) in [6.07, 6.45) is 0. The first-order valence-electron chi connectivity index (χ1n) is 6.44. The van der Waals surface area contributed by atoms with Gasteiger partial charge in [-0.2, -0.15) is 0 Å². The molecule has 0 bridgehead atoms. The molecule has 20 heavy (non-hydrogen) atoms. The molecule has 0 amide bonds. The summed E-state index contributed by atoms with van der Waals surface area (Å²) in [4.78, 5) is 0. The van der Waals surface area contributed by atoms with E-state index in [9.17, 15) is 4.39 Å². The second-order valence-electron chi connectivity index (χ2n) is 4.58. The van der Waals surface area contributed by atoms with Gasteiger partial charge in [0.25, 0.3) is 0 Å². The molecular formula is C16H17ClFNO. The highest BCUT2D eigenvalue weighted by molar-refractivity contribution is 6.31. The number of hydrogen-bond acceptors (Lipinski definition) is 2. The molecule has 0 saturated carbocycles. The summed E-state index contributed by atoms with van der Waals surface area (Å²) < 4.78 is 19.5. The molecule has 0 aliphatic carbocycles. The van der Waals surface area contributed by atoms with Crippen LogP contribution in [0.4, 0.5) is 4.39 Å². The van der Waals surface area contributed by atoms with Crippen molar-refractivity contribution in [1.29, 1.82) is 0 Å². The molecule has 0 radical (unpaired) electrons. The SMILES string of the molecule is CNC(C)c1ccc(OCc2ccccc2Cl)c(F)c1. The van der Waals surface area contributed by atoms with Gasteiger partial charge in [0, 0.05) is 16.6 Å². The molecule has 2 aromatic carbocycles. The minimum absolute atomic E-state index is 0.0992. The number of rotatable bonds is 5. The Morgan fingerprint density at radius 2 is 2.00 bits per heavy atom. The Bertz CT molecular complexity index is 588. The lowest BCUT2D eigenvalue weighted by molar-refractivity contribution is 0.290. The van der Waals surface area contributed by atoms with Crippen molar-refractivity contribution in [3.63, 3.8) is 0 Å². The van der Waals surface area contributed by atoms with E-state index in [-0.39, 0.29) is 24.2 Å². The Hall–Kier alpha value is -1.58. The number of benzene rings is 2. The van der Waals surface area contributed by atoms with E-state index in [1.165, 1.54) is 6.07 Å². The molecule has 0 fully saturated rings. The maximum absolute atomic E-state index is 14.0. The van der Waals surface area contributed by atoms with Gasteiger partial charge >= 0.3 is 0 Å². The lowest BCUT2D eigenvalue weighted by atomic mass is 10.1. The fraction of sp³-hybridized carbons (Fsp3) is 0.250. The van der Waals surface area contributed by atoms with Crippen molar-refractivity contribution in [2.75, 3.05) is 7.05 Å². The summed E-state index contributed by atoms with van der Waals surface area (Å²) in [6, 6.07) is 12.5. The molecule has 1 atom stereocenters. The van der Waals surface area contributed by atoms with E-state index in [1.54, 1.807) is 12.1 Å². The second kappa shape index (κ2) is 6.73. The molecule has 0 aromatic heterocycles. The van der Waals surface area contributed by atoms with Gasteiger partial charge in [0.15, 0.2) is 11.6 Å². The molecule has 2 rings (SSSR count). The predicted octanol–water partition coefficient (Wildman–Crippen LogP) is 4.34. The third kappa shape index (κ3) is 3.50. The van der Waals surface area contributed by atoms with Crippen molar-refractivity contribution >= 4 is 11.6 Å². The molecule has 2 nitrogen and oxygen atoms in total. The molecule has 4 heteroatoms. The lowest BCUT2D eigenvalue weighted by Crippen LogP contribution is -2.12. The van der Waals surface area contributed by atoms with Crippen LogP contribution in [0.2, 0.25) is 5.02 Å². The summed E-state index contributed by atoms with van der Waals surface area (Å²) in [5, 5.41) is 3.69. The molecule has 0 spiro atoms. The van der Waals surface area contributed by atoms with Crippen LogP contribution in [-0.2, 0) is 6.61 Å². The molecule has 106 valence electrons. The average molecular weight is 294 g/mol. The molecule has 0 aliphatic rings. The molecule has 2 aromatic rings. The monoisotopic (exact) mass is 293 g/mol. The largest absolute Gasteiger partial charge is 0.486 e. The van der Waals surface area contributed by atoms with Crippen molar-refractivity contribution in [2.24, 2.45) is 0 Å². The zero-order valence-corrected chi connectivity index (χ0v) is 12.2. The van der Waals surface area contributed by atoms with Gasteiger partial charge in [-0.15, -0.1) is 0 Å². The van der Waals surface area contributed by atoms with Crippen molar-refractivity contribution in [3.8, 4) is 5.75 Å². The van der Waals surface area contributed by atoms with Crippen molar-refractivity contribution in [2.45, 2.75) is 19.6 Å². The van der Waals surface area contributed by atoms with Gasteiger partial charge in [0.05, 0.1) is 0 Å². The van der Waals surface area contributed by atoms with Crippen LogP contribution in [0.25, 0.3) is 0 Å². The summed E-state index contributed by atoms with van der Waals surface area (Å²) in [7, 11) is 1.84. The molecule has 0 aliphatic heterocycles. The standard InChI is InChI=1S/C16H17ClFNO/c1-11(19-2)12-7-8-16(15(18)9-12)20-10-13-5-3-4-6-14(13)17/h3-9,11,19H,10H2,1-2H3. The van der Waals surface area contributed by atoms with E-state index < -0.39 is 0 Å². The molecule has 1 unspecified atom stereocenters. The van der Waals surface area contributed by atoms with Crippen LogP contribution in [0, 0.1) is 5.82 Å². The first-order chi connectivity index (χ1) is 9.61. The second-order valence-corrected chi connectivity index (χ2v) is 4.99. The van der Waals surface area contributed by atoms with E-state index >= 15 is 0 Å². The maximum Gasteiger partial charge on any atom is 0.165 e. The maximum atomic E-state index is 14.0. The Morgan fingerprint density at radius 3 is 2.65 bits per heavy atom. The van der Waals surface area contributed by atoms with E-state index in [0.29, 0.717) is 5.02 Å². The average Bonchev–Trinajstić information content (AvgIpc) is 2.46. The first-order valence-corrected chi connectivity index (χ1v) is 6.82. The van der Waals surface area contributed by atoms with Crippen LogP contribution < -0.4 is 10.1 Å². The van der Waals surface area contributed by atoms with Crippen LogP contribution >= 0.6 is 11.6 Å². The Kier molecular flexibility index (Phi) is 4.99. The van der Waals surface area contributed by atoms with E-state index in [1.807, 2.05) is 38.2 Å². The minimum atomic E-state index is -0.364. The normalized spacial score (nSPS) is 12.2. The zero-order valence-electron chi connectivity index (χ0n) is 11.5.